The normalized spacial score (nSPS) is 21.9. The third-order valence-electron chi connectivity index (χ3n) is 2.43. The van der Waals surface area contributed by atoms with Crippen molar-refractivity contribution in [2.24, 2.45) is 0 Å². The average molecular weight is 189 g/mol. The summed E-state index contributed by atoms with van der Waals surface area (Å²) in [6.45, 7) is 5.14. The molecule has 1 heterocycles. The summed E-state index contributed by atoms with van der Waals surface area (Å²) in [4.78, 5) is 5.70. The summed E-state index contributed by atoms with van der Waals surface area (Å²) in [6, 6.07) is 10.6. The number of hydrogen-bond acceptors (Lipinski definition) is 2. The van der Waals surface area contributed by atoms with Gasteiger partial charge in [-0.05, 0) is 19.9 Å². The minimum atomic E-state index is 0.371. The second kappa shape index (κ2) is 3.84. The molecule has 0 fully saturated rings. The number of benzene rings is 1. The van der Waals surface area contributed by atoms with Gasteiger partial charge in [-0.1, -0.05) is 30.3 Å². The maximum absolute atomic E-state index is 5.70. The third-order valence-corrected chi connectivity index (χ3v) is 2.43. The predicted molar refractivity (Wildman–Crippen MR) is 57.3 cm³/mol. The SMILES string of the molecule is CCN1OC(c2ccccc2)=CC1C. The van der Waals surface area contributed by atoms with Crippen molar-refractivity contribution in [3.05, 3.63) is 42.0 Å². The molecule has 2 heteroatoms. The molecule has 1 aliphatic rings. The number of hydroxylamine groups is 2. The van der Waals surface area contributed by atoms with Gasteiger partial charge >= 0.3 is 0 Å². The van der Waals surface area contributed by atoms with Crippen LogP contribution in [-0.4, -0.2) is 17.6 Å². The second-order valence-corrected chi connectivity index (χ2v) is 3.46. The van der Waals surface area contributed by atoms with Crippen LogP contribution in [0.25, 0.3) is 5.76 Å². The van der Waals surface area contributed by atoms with E-state index in [0.29, 0.717) is 6.04 Å². The molecule has 14 heavy (non-hydrogen) atoms. The standard InChI is InChI=1S/C12H15NO/c1-3-13-10(2)9-12(14-13)11-7-5-4-6-8-11/h4-10H,3H2,1-2H3. The van der Waals surface area contributed by atoms with Gasteiger partial charge in [-0.25, -0.2) is 0 Å². The Balaban J connectivity index is 2.19. The summed E-state index contributed by atoms with van der Waals surface area (Å²) in [5, 5.41) is 1.97. The molecule has 1 aromatic carbocycles. The molecule has 0 bridgehead atoms. The minimum absolute atomic E-state index is 0.371. The van der Waals surface area contributed by atoms with E-state index in [-0.39, 0.29) is 0 Å². The van der Waals surface area contributed by atoms with E-state index in [4.69, 9.17) is 4.84 Å². The first kappa shape index (κ1) is 9.28. The molecule has 2 rings (SSSR count). The highest BCUT2D eigenvalue weighted by atomic mass is 16.7. The van der Waals surface area contributed by atoms with E-state index in [1.165, 1.54) is 0 Å². The van der Waals surface area contributed by atoms with Gasteiger partial charge in [0.15, 0.2) is 5.76 Å². The highest BCUT2D eigenvalue weighted by molar-refractivity contribution is 5.61. The number of hydrogen-bond donors (Lipinski definition) is 0. The first-order chi connectivity index (χ1) is 6.81. The maximum atomic E-state index is 5.70. The molecule has 0 aliphatic carbocycles. The van der Waals surface area contributed by atoms with Crippen molar-refractivity contribution in [1.29, 1.82) is 0 Å². The highest BCUT2D eigenvalue weighted by Crippen LogP contribution is 2.25. The van der Waals surface area contributed by atoms with Crippen LogP contribution in [0.3, 0.4) is 0 Å². The van der Waals surface area contributed by atoms with E-state index in [1.54, 1.807) is 0 Å². The molecular formula is C12H15NO. The van der Waals surface area contributed by atoms with Gasteiger partial charge in [-0.3, -0.25) is 0 Å². The van der Waals surface area contributed by atoms with Crippen molar-refractivity contribution in [3.63, 3.8) is 0 Å². The highest BCUT2D eigenvalue weighted by Gasteiger charge is 2.22. The number of likely N-dealkylation sites (N-methyl/N-ethyl adjacent to an activating group) is 1. The molecule has 1 atom stereocenters. The van der Waals surface area contributed by atoms with Crippen molar-refractivity contribution in [3.8, 4) is 0 Å². The predicted octanol–water partition coefficient (Wildman–Crippen LogP) is 2.68. The smallest absolute Gasteiger partial charge is 0.152 e. The quantitative estimate of drug-likeness (QED) is 0.709. The van der Waals surface area contributed by atoms with Crippen LogP contribution in [0, 0.1) is 0 Å². The molecule has 0 spiro atoms. The molecule has 1 unspecified atom stereocenters. The maximum Gasteiger partial charge on any atom is 0.152 e. The van der Waals surface area contributed by atoms with E-state index in [1.807, 2.05) is 23.3 Å². The lowest BCUT2D eigenvalue weighted by molar-refractivity contribution is -0.0817. The second-order valence-electron chi connectivity index (χ2n) is 3.46. The van der Waals surface area contributed by atoms with Gasteiger partial charge < -0.3 is 4.84 Å². The van der Waals surface area contributed by atoms with Gasteiger partial charge in [0, 0.05) is 12.1 Å². The Bertz CT molecular complexity index is 331. The van der Waals surface area contributed by atoms with Crippen molar-refractivity contribution < 1.29 is 4.84 Å². The Hall–Kier alpha value is -1.28. The summed E-state index contributed by atoms with van der Waals surface area (Å²) in [5.41, 5.74) is 1.15. The molecule has 0 N–H and O–H groups in total. The molecule has 1 aliphatic heterocycles. The van der Waals surface area contributed by atoms with E-state index in [9.17, 15) is 0 Å². The molecule has 1 aromatic rings. The molecule has 0 saturated carbocycles. The zero-order valence-corrected chi connectivity index (χ0v) is 8.60. The molecule has 0 aromatic heterocycles. The average Bonchev–Trinajstić information content (AvgIpc) is 2.61. The van der Waals surface area contributed by atoms with Crippen molar-refractivity contribution in [2.75, 3.05) is 6.54 Å². The lowest BCUT2D eigenvalue weighted by Gasteiger charge is -2.17. The van der Waals surface area contributed by atoms with Crippen LogP contribution in [0.4, 0.5) is 0 Å². The van der Waals surface area contributed by atoms with Gasteiger partial charge in [0.05, 0.1) is 6.04 Å². The third kappa shape index (κ3) is 1.66. The first-order valence-electron chi connectivity index (χ1n) is 5.03. The van der Waals surface area contributed by atoms with Gasteiger partial charge in [0.2, 0.25) is 0 Å². The monoisotopic (exact) mass is 189 g/mol. The molecule has 0 radical (unpaired) electrons. The summed E-state index contributed by atoms with van der Waals surface area (Å²) in [7, 11) is 0. The number of nitrogens with zero attached hydrogens (tertiary/aromatic N) is 1. The molecule has 74 valence electrons. The van der Waals surface area contributed by atoms with Crippen molar-refractivity contribution in [1.82, 2.24) is 5.06 Å². The Kier molecular flexibility index (Phi) is 2.55. The van der Waals surface area contributed by atoms with Crippen LogP contribution in [0.15, 0.2) is 36.4 Å². The van der Waals surface area contributed by atoms with E-state index >= 15 is 0 Å². The fourth-order valence-electron chi connectivity index (χ4n) is 1.65. The van der Waals surface area contributed by atoms with Crippen LogP contribution in [0.2, 0.25) is 0 Å². The Labute approximate surface area is 84.8 Å². The fraction of sp³-hybridized carbons (Fsp3) is 0.333. The van der Waals surface area contributed by atoms with Gasteiger partial charge in [0.1, 0.15) is 0 Å². The van der Waals surface area contributed by atoms with E-state index in [2.05, 4.69) is 32.1 Å². The van der Waals surface area contributed by atoms with Crippen LogP contribution in [0.1, 0.15) is 19.4 Å². The van der Waals surface area contributed by atoms with Crippen LogP contribution in [-0.2, 0) is 4.84 Å². The fourth-order valence-corrected chi connectivity index (χ4v) is 1.65. The minimum Gasteiger partial charge on any atom is -0.405 e. The summed E-state index contributed by atoms with van der Waals surface area (Å²) in [6.07, 6.45) is 2.15. The van der Waals surface area contributed by atoms with Gasteiger partial charge in [-0.15, -0.1) is 5.06 Å². The summed E-state index contributed by atoms with van der Waals surface area (Å²) in [5.74, 6) is 0.972. The zero-order chi connectivity index (χ0) is 9.97. The Morgan fingerprint density at radius 3 is 2.57 bits per heavy atom. The lowest BCUT2D eigenvalue weighted by Crippen LogP contribution is -2.25. The molecule has 0 amide bonds. The Morgan fingerprint density at radius 1 is 1.29 bits per heavy atom. The molecule has 2 nitrogen and oxygen atoms in total. The van der Waals surface area contributed by atoms with E-state index in [0.717, 1.165) is 17.9 Å². The van der Waals surface area contributed by atoms with Crippen molar-refractivity contribution in [2.45, 2.75) is 19.9 Å². The number of rotatable bonds is 2. The topological polar surface area (TPSA) is 12.5 Å². The molecule has 0 saturated heterocycles. The Morgan fingerprint density at radius 2 is 2.00 bits per heavy atom. The summed E-state index contributed by atoms with van der Waals surface area (Å²) < 4.78 is 0. The van der Waals surface area contributed by atoms with Crippen LogP contribution in [0.5, 0.6) is 0 Å². The van der Waals surface area contributed by atoms with Gasteiger partial charge in [-0.2, -0.15) is 0 Å². The van der Waals surface area contributed by atoms with Crippen LogP contribution >= 0.6 is 0 Å². The van der Waals surface area contributed by atoms with E-state index < -0.39 is 0 Å². The first-order valence-corrected chi connectivity index (χ1v) is 5.03. The largest absolute Gasteiger partial charge is 0.405 e. The van der Waals surface area contributed by atoms with Crippen molar-refractivity contribution >= 4 is 5.76 Å². The molecular weight excluding hydrogens is 174 g/mol. The zero-order valence-electron chi connectivity index (χ0n) is 8.60. The summed E-state index contributed by atoms with van der Waals surface area (Å²) >= 11 is 0. The van der Waals surface area contributed by atoms with Crippen LogP contribution < -0.4 is 0 Å². The lowest BCUT2D eigenvalue weighted by atomic mass is 10.1. The van der Waals surface area contributed by atoms with Gasteiger partial charge in [0.25, 0.3) is 0 Å².